The van der Waals surface area contributed by atoms with E-state index in [-0.39, 0.29) is 11.7 Å². The van der Waals surface area contributed by atoms with E-state index in [0.717, 1.165) is 5.69 Å². The van der Waals surface area contributed by atoms with Crippen LogP contribution in [0.1, 0.15) is 56.6 Å². The van der Waals surface area contributed by atoms with Crippen LogP contribution in [0.5, 0.6) is 0 Å². The van der Waals surface area contributed by atoms with Gasteiger partial charge in [0.05, 0.1) is 0 Å². The normalized spacial score (nSPS) is 12.6. The summed E-state index contributed by atoms with van der Waals surface area (Å²) in [6.07, 6.45) is 2.35. The van der Waals surface area contributed by atoms with Crippen LogP contribution in [0.3, 0.4) is 0 Å². The molecule has 0 aromatic carbocycles. The fourth-order valence-electron chi connectivity index (χ4n) is 1.83. The van der Waals surface area contributed by atoms with Crippen molar-refractivity contribution in [2.75, 3.05) is 6.54 Å². The van der Waals surface area contributed by atoms with Gasteiger partial charge in [0, 0.05) is 30.4 Å². The first-order valence-electron chi connectivity index (χ1n) is 7.60. The van der Waals surface area contributed by atoms with Crippen LogP contribution in [0.4, 0.5) is 4.79 Å². The number of hydrogen-bond acceptors (Lipinski definition) is 4. The van der Waals surface area contributed by atoms with E-state index < -0.39 is 11.7 Å². The van der Waals surface area contributed by atoms with Crippen molar-refractivity contribution in [3.63, 3.8) is 0 Å². The van der Waals surface area contributed by atoms with Crippen molar-refractivity contribution in [3.05, 3.63) is 29.6 Å². The van der Waals surface area contributed by atoms with Gasteiger partial charge in [-0.2, -0.15) is 0 Å². The maximum atomic E-state index is 12.0. The Hall–Kier alpha value is -1.91. The van der Waals surface area contributed by atoms with Crippen LogP contribution >= 0.6 is 0 Å². The first-order valence-corrected chi connectivity index (χ1v) is 7.60. The highest BCUT2D eigenvalue weighted by atomic mass is 16.6. The molecule has 1 heterocycles. The molecule has 1 amide bonds. The van der Waals surface area contributed by atoms with E-state index in [1.54, 1.807) is 12.3 Å². The molecule has 1 atom stereocenters. The van der Waals surface area contributed by atoms with Gasteiger partial charge in [0.15, 0.2) is 5.78 Å². The minimum absolute atomic E-state index is 0.0802. The van der Waals surface area contributed by atoms with Gasteiger partial charge in [-0.3, -0.25) is 9.78 Å². The minimum Gasteiger partial charge on any atom is -0.444 e. The number of nitrogens with zero attached hydrogens (tertiary/aromatic N) is 1. The van der Waals surface area contributed by atoms with Gasteiger partial charge < -0.3 is 10.1 Å². The Morgan fingerprint density at radius 3 is 2.55 bits per heavy atom. The molecule has 5 heteroatoms. The number of ketones is 1. The molecule has 22 heavy (non-hydrogen) atoms. The molecule has 1 aromatic rings. The molecular weight excluding hydrogens is 280 g/mol. The van der Waals surface area contributed by atoms with Gasteiger partial charge in [-0.15, -0.1) is 0 Å². The predicted molar refractivity (Wildman–Crippen MR) is 85.9 cm³/mol. The van der Waals surface area contributed by atoms with Crippen LogP contribution in [0, 0.1) is 12.8 Å². The topological polar surface area (TPSA) is 68.3 Å². The van der Waals surface area contributed by atoms with E-state index in [1.165, 1.54) is 0 Å². The maximum absolute atomic E-state index is 12.0. The van der Waals surface area contributed by atoms with Crippen LogP contribution in [0.15, 0.2) is 18.3 Å². The molecule has 0 aliphatic carbocycles. The van der Waals surface area contributed by atoms with E-state index in [4.69, 9.17) is 4.74 Å². The van der Waals surface area contributed by atoms with E-state index in [1.807, 2.05) is 40.7 Å². The van der Waals surface area contributed by atoms with Crippen molar-refractivity contribution in [2.24, 2.45) is 5.92 Å². The molecule has 1 unspecified atom stereocenters. The van der Waals surface area contributed by atoms with Crippen molar-refractivity contribution >= 4 is 11.9 Å². The molecule has 0 saturated carbocycles. The zero-order valence-electron chi connectivity index (χ0n) is 14.1. The van der Waals surface area contributed by atoms with Crippen LogP contribution < -0.4 is 5.32 Å². The number of aromatic nitrogens is 1. The van der Waals surface area contributed by atoms with E-state index in [9.17, 15) is 9.59 Å². The second-order valence-corrected chi connectivity index (χ2v) is 6.64. The summed E-state index contributed by atoms with van der Waals surface area (Å²) in [6, 6.07) is 3.63. The van der Waals surface area contributed by atoms with E-state index >= 15 is 0 Å². The van der Waals surface area contributed by atoms with E-state index in [2.05, 4.69) is 10.3 Å². The summed E-state index contributed by atoms with van der Waals surface area (Å²) >= 11 is 0. The van der Waals surface area contributed by atoms with Gasteiger partial charge in [-0.05, 0) is 52.2 Å². The molecule has 1 rings (SSSR count). The Bertz CT molecular complexity index is 504. The smallest absolute Gasteiger partial charge is 0.407 e. The van der Waals surface area contributed by atoms with Crippen LogP contribution in [0.2, 0.25) is 0 Å². The van der Waals surface area contributed by atoms with Gasteiger partial charge in [0.1, 0.15) is 5.60 Å². The first-order chi connectivity index (χ1) is 10.2. The summed E-state index contributed by atoms with van der Waals surface area (Å²) in [6.45, 7) is 9.85. The highest BCUT2D eigenvalue weighted by Crippen LogP contribution is 2.11. The Morgan fingerprint density at radius 1 is 1.32 bits per heavy atom. The van der Waals surface area contributed by atoms with Crippen molar-refractivity contribution in [1.82, 2.24) is 10.3 Å². The lowest BCUT2D eigenvalue weighted by atomic mass is 10.0. The number of amides is 1. The van der Waals surface area contributed by atoms with Crippen LogP contribution in [-0.4, -0.2) is 29.0 Å². The highest BCUT2D eigenvalue weighted by Gasteiger charge is 2.16. The zero-order valence-corrected chi connectivity index (χ0v) is 14.1. The SMILES string of the molecule is Cc1ccc(C(=O)CCC(C)CNC(=O)OC(C)(C)C)cn1. The van der Waals surface area contributed by atoms with Gasteiger partial charge >= 0.3 is 6.09 Å². The third-order valence-corrected chi connectivity index (χ3v) is 3.09. The molecule has 1 N–H and O–H groups in total. The fourth-order valence-corrected chi connectivity index (χ4v) is 1.83. The van der Waals surface area contributed by atoms with Crippen molar-refractivity contribution in [2.45, 2.75) is 53.1 Å². The summed E-state index contributed by atoms with van der Waals surface area (Å²) in [5.41, 5.74) is 1.03. The number of aryl methyl sites for hydroxylation is 1. The third-order valence-electron chi connectivity index (χ3n) is 3.09. The maximum Gasteiger partial charge on any atom is 0.407 e. The summed E-state index contributed by atoms with van der Waals surface area (Å²) in [5, 5.41) is 2.73. The molecule has 1 aromatic heterocycles. The zero-order chi connectivity index (χ0) is 16.8. The molecular formula is C17H26N2O3. The lowest BCUT2D eigenvalue weighted by Crippen LogP contribution is -2.34. The van der Waals surface area contributed by atoms with Crippen molar-refractivity contribution < 1.29 is 14.3 Å². The lowest BCUT2D eigenvalue weighted by molar-refractivity contribution is 0.0520. The number of nitrogens with one attached hydrogen (secondary N) is 1. The molecule has 0 fully saturated rings. The summed E-state index contributed by atoms with van der Waals surface area (Å²) in [5.74, 6) is 0.284. The van der Waals surface area contributed by atoms with E-state index in [0.29, 0.717) is 24.9 Å². The molecule has 0 radical (unpaired) electrons. The second kappa shape index (κ2) is 7.92. The predicted octanol–water partition coefficient (Wildman–Crippen LogP) is 3.51. The number of rotatable bonds is 6. The molecule has 0 spiro atoms. The van der Waals surface area contributed by atoms with Crippen molar-refractivity contribution in [3.8, 4) is 0 Å². The number of pyridine rings is 1. The Labute approximate surface area is 132 Å². The second-order valence-electron chi connectivity index (χ2n) is 6.64. The highest BCUT2D eigenvalue weighted by molar-refractivity contribution is 5.95. The summed E-state index contributed by atoms with van der Waals surface area (Å²) in [4.78, 5) is 27.7. The standard InChI is InChI=1S/C17H26N2O3/c1-12(10-19-16(21)22-17(3,4)5)6-9-15(20)14-8-7-13(2)18-11-14/h7-8,11-12H,6,9-10H2,1-5H3,(H,19,21). The number of hydrogen-bond donors (Lipinski definition) is 1. The lowest BCUT2D eigenvalue weighted by Gasteiger charge is -2.20. The molecule has 0 saturated heterocycles. The molecule has 5 nitrogen and oxygen atoms in total. The van der Waals surface area contributed by atoms with Gasteiger partial charge in [0.25, 0.3) is 0 Å². The largest absolute Gasteiger partial charge is 0.444 e. The molecule has 0 aliphatic heterocycles. The number of carbonyl (C=O) groups is 2. The number of ether oxygens (including phenoxy) is 1. The molecule has 122 valence electrons. The average Bonchev–Trinajstić information content (AvgIpc) is 2.41. The van der Waals surface area contributed by atoms with Crippen LogP contribution in [0.25, 0.3) is 0 Å². The summed E-state index contributed by atoms with van der Waals surface area (Å²) in [7, 11) is 0. The molecule has 0 bridgehead atoms. The summed E-state index contributed by atoms with van der Waals surface area (Å²) < 4.78 is 5.17. The Kier molecular flexibility index (Phi) is 6.53. The third kappa shape index (κ3) is 7.20. The van der Waals surface area contributed by atoms with Gasteiger partial charge in [0.2, 0.25) is 0 Å². The van der Waals surface area contributed by atoms with Crippen molar-refractivity contribution in [1.29, 1.82) is 0 Å². The van der Waals surface area contributed by atoms with Gasteiger partial charge in [-0.25, -0.2) is 4.79 Å². The Balaban J connectivity index is 2.31. The minimum atomic E-state index is -0.498. The monoisotopic (exact) mass is 306 g/mol. The average molecular weight is 306 g/mol. The number of alkyl carbamates (subject to hydrolysis) is 1. The quantitative estimate of drug-likeness (QED) is 0.817. The first kappa shape index (κ1) is 18.1. The molecule has 0 aliphatic rings. The number of Topliss-reactive ketones (excluding diaryl/α,β-unsaturated/α-hetero) is 1. The number of carbonyl (C=O) groups excluding carboxylic acids is 2. The van der Waals surface area contributed by atoms with Gasteiger partial charge in [-0.1, -0.05) is 6.92 Å². The Morgan fingerprint density at radius 2 is 2.00 bits per heavy atom. The fraction of sp³-hybridized carbons (Fsp3) is 0.588. The van der Waals surface area contributed by atoms with Crippen LogP contribution in [-0.2, 0) is 4.74 Å².